The molecule has 0 saturated carbocycles. The van der Waals surface area contributed by atoms with Crippen molar-refractivity contribution in [3.63, 3.8) is 0 Å². The predicted octanol–water partition coefficient (Wildman–Crippen LogP) is 0.960. The van der Waals surface area contributed by atoms with Gasteiger partial charge in [0.15, 0.2) is 0 Å². The molecule has 8 nitrogen and oxygen atoms in total. The molecule has 24 heavy (non-hydrogen) atoms. The molecular weight excluding hydrogens is 314 g/mol. The number of carbonyl (C=O) groups is 3. The minimum atomic E-state index is -0.699. The summed E-state index contributed by atoms with van der Waals surface area (Å²) >= 11 is 0. The van der Waals surface area contributed by atoms with E-state index in [0.717, 1.165) is 30.9 Å². The molecule has 8 heteroatoms. The minimum absolute atomic E-state index is 0.0849. The van der Waals surface area contributed by atoms with E-state index in [2.05, 4.69) is 10.7 Å². The van der Waals surface area contributed by atoms with Crippen molar-refractivity contribution in [1.29, 1.82) is 0 Å². The third-order valence-electron chi connectivity index (χ3n) is 3.91. The van der Waals surface area contributed by atoms with Gasteiger partial charge in [-0.1, -0.05) is 0 Å². The summed E-state index contributed by atoms with van der Waals surface area (Å²) < 4.78 is 10.6. The predicted molar refractivity (Wildman–Crippen MR) is 85.8 cm³/mol. The fourth-order valence-electron chi connectivity index (χ4n) is 2.78. The fraction of sp³-hybridized carbons (Fsp3) is 0.812. The Bertz CT molecular complexity index is 483. The average molecular weight is 341 g/mol. The molecule has 2 saturated heterocycles. The first kappa shape index (κ1) is 18.5. The van der Waals surface area contributed by atoms with Crippen molar-refractivity contribution in [3.05, 3.63) is 0 Å². The van der Waals surface area contributed by atoms with Gasteiger partial charge in [-0.25, -0.2) is 10.2 Å². The first-order valence-electron chi connectivity index (χ1n) is 8.44. The van der Waals surface area contributed by atoms with Crippen molar-refractivity contribution in [1.82, 2.24) is 15.8 Å². The molecule has 2 fully saturated rings. The minimum Gasteiger partial charge on any atom is -0.443 e. The van der Waals surface area contributed by atoms with Crippen LogP contribution in [-0.4, -0.2) is 54.3 Å². The van der Waals surface area contributed by atoms with E-state index < -0.39 is 17.6 Å². The highest BCUT2D eigenvalue weighted by Gasteiger charge is 2.36. The van der Waals surface area contributed by atoms with Gasteiger partial charge in [-0.2, -0.15) is 0 Å². The lowest BCUT2D eigenvalue weighted by Crippen LogP contribution is -2.46. The highest BCUT2D eigenvalue weighted by atomic mass is 16.6. The zero-order valence-corrected chi connectivity index (χ0v) is 14.6. The largest absolute Gasteiger partial charge is 0.443 e. The zero-order chi connectivity index (χ0) is 17.7. The van der Waals surface area contributed by atoms with Gasteiger partial charge in [0.25, 0.3) is 0 Å². The number of hydrogen-bond donors (Lipinski definition) is 2. The average Bonchev–Trinajstić information content (AvgIpc) is 3.07. The van der Waals surface area contributed by atoms with Crippen LogP contribution in [0.5, 0.6) is 0 Å². The van der Waals surface area contributed by atoms with E-state index in [4.69, 9.17) is 9.47 Å². The Kier molecular flexibility index (Phi) is 6.04. The van der Waals surface area contributed by atoms with Crippen molar-refractivity contribution >= 4 is 17.9 Å². The molecule has 3 amide bonds. The molecule has 0 aromatic rings. The fourth-order valence-corrected chi connectivity index (χ4v) is 2.78. The number of hydrogen-bond acceptors (Lipinski definition) is 5. The molecule has 2 atom stereocenters. The smallest absolute Gasteiger partial charge is 0.426 e. The Morgan fingerprint density at radius 1 is 1.38 bits per heavy atom. The lowest BCUT2D eigenvalue weighted by molar-refractivity contribution is -0.130. The van der Waals surface area contributed by atoms with Gasteiger partial charge in [0.1, 0.15) is 5.60 Å². The maximum absolute atomic E-state index is 12.2. The van der Waals surface area contributed by atoms with E-state index in [9.17, 15) is 14.4 Å². The van der Waals surface area contributed by atoms with Crippen LogP contribution in [0.3, 0.4) is 0 Å². The summed E-state index contributed by atoms with van der Waals surface area (Å²) in [4.78, 5) is 35.8. The highest BCUT2D eigenvalue weighted by Crippen LogP contribution is 2.18. The summed E-state index contributed by atoms with van der Waals surface area (Å²) in [7, 11) is 0. The van der Waals surface area contributed by atoms with Gasteiger partial charge in [0, 0.05) is 19.6 Å². The van der Waals surface area contributed by atoms with Gasteiger partial charge in [0.2, 0.25) is 11.8 Å². The number of ether oxygens (including phenoxy) is 2. The van der Waals surface area contributed by atoms with Crippen molar-refractivity contribution in [3.8, 4) is 0 Å². The first-order chi connectivity index (χ1) is 11.2. The van der Waals surface area contributed by atoms with Crippen LogP contribution >= 0.6 is 0 Å². The molecule has 2 N–H and O–H groups in total. The first-order valence-corrected chi connectivity index (χ1v) is 8.44. The maximum Gasteiger partial charge on any atom is 0.426 e. The van der Waals surface area contributed by atoms with Crippen molar-refractivity contribution in [2.45, 2.75) is 58.2 Å². The Morgan fingerprint density at radius 3 is 2.75 bits per heavy atom. The standard InChI is InChI=1S/C16H27N3O5/c1-16(2,3)24-15(22)18-19-10-11(9-13(19)20)14(21)17-7-6-12-5-4-8-23-12/h11-12H,4-10H2,1-3H3,(H,17,21)(H,18,22)/t11-,12-/m0/s1. The van der Waals surface area contributed by atoms with E-state index in [1.807, 2.05) is 0 Å². The van der Waals surface area contributed by atoms with Crippen LogP contribution < -0.4 is 10.7 Å². The summed E-state index contributed by atoms with van der Waals surface area (Å²) in [6.07, 6.45) is 2.50. The van der Waals surface area contributed by atoms with E-state index in [-0.39, 0.29) is 30.9 Å². The van der Waals surface area contributed by atoms with E-state index in [0.29, 0.717) is 6.54 Å². The molecule has 0 bridgehead atoms. The quantitative estimate of drug-likeness (QED) is 0.776. The van der Waals surface area contributed by atoms with Gasteiger partial charge in [-0.05, 0) is 40.0 Å². The Labute approximate surface area is 142 Å². The third kappa shape index (κ3) is 5.67. The lowest BCUT2D eigenvalue weighted by Gasteiger charge is -2.23. The van der Waals surface area contributed by atoms with Crippen LogP contribution in [0.15, 0.2) is 0 Å². The van der Waals surface area contributed by atoms with Crippen LogP contribution in [0, 0.1) is 5.92 Å². The van der Waals surface area contributed by atoms with Gasteiger partial charge < -0.3 is 14.8 Å². The molecule has 0 radical (unpaired) electrons. The second kappa shape index (κ2) is 7.83. The molecule has 0 aromatic carbocycles. The van der Waals surface area contributed by atoms with E-state index >= 15 is 0 Å². The third-order valence-corrected chi connectivity index (χ3v) is 3.91. The topological polar surface area (TPSA) is 97.0 Å². The maximum atomic E-state index is 12.2. The zero-order valence-electron chi connectivity index (χ0n) is 14.6. The summed E-state index contributed by atoms with van der Waals surface area (Å²) in [6.45, 7) is 6.70. The summed E-state index contributed by atoms with van der Waals surface area (Å²) in [6, 6.07) is 0. The number of carbonyl (C=O) groups excluding carboxylic acids is 3. The molecule has 2 rings (SSSR count). The SMILES string of the molecule is CC(C)(C)OC(=O)NN1C[C@@H](C(=O)NCC[C@@H]2CCCO2)CC1=O. The molecule has 2 heterocycles. The Morgan fingerprint density at radius 2 is 2.12 bits per heavy atom. The highest BCUT2D eigenvalue weighted by molar-refractivity contribution is 5.90. The summed E-state index contributed by atoms with van der Waals surface area (Å²) in [5.41, 5.74) is 1.75. The molecule has 0 aromatic heterocycles. The van der Waals surface area contributed by atoms with Gasteiger partial charge >= 0.3 is 6.09 Å². The number of rotatable bonds is 5. The normalized spacial score (nSPS) is 24.1. The number of nitrogens with one attached hydrogen (secondary N) is 2. The number of hydrazine groups is 1. The van der Waals surface area contributed by atoms with Crippen molar-refractivity contribution in [2.24, 2.45) is 5.92 Å². The van der Waals surface area contributed by atoms with Crippen LogP contribution in [-0.2, 0) is 19.1 Å². The Balaban J connectivity index is 1.72. The molecule has 0 spiro atoms. The lowest BCUT2D eigenvalue weighted by atomic mass is 10.1. The van der Waals surface area contributed by atoms with Gasteiger partial charge in [-0.15, -0.1) is 0 Å². The van der Waals surface area contributed by atoms with Crippen LogP contribution in [0.2, 0.25) is 0 Å². The summed E-state index contributed by atoms with van der Waals surface area (Å²) in [5.74, 6) is -0.924. The van der Waals surface area contributed by atoms with Crippen LogP contribution in [0.1, 0.15) is 46.5 Å². The van der Waals surface area contributed by atoms with Gasteiger partial charge in [-0.3, -0.25) is 14.6 Å². The number of nitrogens with zero attached hydrogens (tertiary/aromatic N) is 1. The molecule has 2 aliphatic heterocycles. The molecular formula is C16H27N3O5. The van der Waals surface area contributed by atoms with Gasteiger partial charge in [0.05, 0.1) is 18.6 Å². The van der Waals surface area contributed by atoms with E-state index in [1.54, 1.807) is 20.8 Å². The monoisotopic (exact) mass is 341 g/mol. The molecule has 136 valence electrons. The second-order valence-electron chi connectivity index (χ2n) is 7.23. The van der Waals surface area contributed by atoms with Crippen LogP contribution in [0.25, 0.3) is 0 Å². The summed E-state index contributed by atoms with van der Waals surface area (Å²) in [5, 5.41) is 3.99. The molecule has 2 aliphatic rings. The Hall–Kier alpha value is -1.83. The van der Waals surface area contributed by atoms with Crippen molar-refractivity contribution < 1.29 is 23.9 Å². The molecule has 0 unspecified atom stereocenters. The van der Waals surface area contributed by atoms with Crippen molar-refractivity contribution in [2.75, 3.05) is 19.7 Å². The van der Waals surface area contributed by atoms with E-state index in [1.165, 1.54) is 0 Å². The molecule has 0 aliphatic carbocycles. The number of amides is 3. The second-order valence-corrected chi connectivity index (χ2v) is 7.23. The van der Waals surface area contributed by atoms with Crippen LogP contribution in [0.4, 0.5) is 4.79 Å².